The Balaban J connectivity index is 1.90. The summed E-state index contributed by atoms with van der Waals surface area (Å²) in [6.07, 6.45) is 8.63. The van der Waals surface area contributed by atoms with E-state index in [4.69, 9.17) is 0 Å². The molecule has 1 aromatic rings. The van der Waals surface area contributed by atoms with Crippen LogP contribution in [-0.2, 0) is 4.79 Å². The third-order valence-corrected chi connectivity index (χ3v) is 4.85. The molecule has 1 aliphatic rings. The van der Waals surface area contributed by atoms with Crippen molar-refractivity contribution in [1.29, 1.82) is 0 Å². The van der Waals surface area contributed by atoms with Crippen LogP contribution in [0.1, 0.15) is 25.7 Å². The molecule has 1 aromatic heterocycles. The number of aliphatic carboxylic acids is 1. The molecule has 0 aromatic carbocycles. The van der Waals surface area contributed by atoms with Gasteiger partial charge in [0.25, 0.3) is 0 Å². The number of rotatable bonds is 6. The molecule has 0 bridgehead atoms. The van der Waals surface area contributed by atoms with E-state index in [9.17, 15) is 9.90 Å². The van der Waals surface area contributed by atoms with Gasteiger partial charge in [-0.05, 0) is 38.0 Å². The van der Waals surface area contributed by atoms with Gasteiger partial charge in [0.05, 0.1) is 6.20 Å². The molecule has 2 atom stereocenters. The molecule has 1 aliphatic carbocycles. The Morgan fingerprint density at radius 3 is 3.11 bits per heavy atom. The van der Waals surface area contributed by atoms with Gasteiger partial charge in [-0.1, -0.05) is 6.42 Å². The second-order valence-electron chi connectivity index (χ2n) is 4.80. The molecule has 0 amide bonds. The van der Waals surface area contributed by atoms with Crippen LogP contribution in [0.2, 0.25) is 0 Å². The standard InChI is InChI=1S/C13H19N3O2S/c1-14-13(12(17)18)5-2-3-10(13)4-8-19-11-9-15-6-7-16-11/h6-7,9-10,14H,2-5,8H2,1H3,(H,17,18). The summed E-state index contributed by atoms with van der Waals surface area (Å²) in [5, 5.41) is 13.4. The number of thioether (sulfide) groups is 1. The summed E-state index contributed by atoms with van der Waals surface area (Å²) in [5.74, 6) is 0.348. The van der Waals surface area contributed by atoms with E-state index in [1.807, 2.05) is 0 Å². The van der Waals surface area contributed by atoms with Gasteiger partial charge in [-0.15, -0.1) is 11.8 Å². The summed E-state index contributed by atoms with van der Waals surface area (Å²) in [5.41, 5.74) is -0.733. The third kappa shape index (κ3) is 3.06. The van der Waals surface area contributed by atoms with Crippen molar-refractivity contribution in [1.82, 2.24) is 15.3 Å². The smallest absolute Gasteiger partial charge is 0.324 e. The first-order valence-corrected chi connectivity index (χ1v) is 7.49. The Morgan fingerprint density at radius 2 is 2.47 bits per heavy atom. The van der Waals surface area contributed by atoms with Crippen molar-refractivity contribution in [3.8, 4) is 0 Å². The van der Waals surface area contributed by atoms with E-state index in [1.165, 1.54) is 0 Å². The number of aromatic nitrogens is 2. The molecule has 104 valence electrons. The highest BCUT2D eigenvalue weighted by Gasteiger charge is 2.47. The van der Waals surface area contributed by atoms with E-state index >= 15 is 0 Å². The third-order valence-electron chi connectivity index (χ3n) is 3.90. The summed E-state index contributed by atoms with van der Waals surface area (Å²) in [7, 11) is 1.75. The SMILES string of the molecule is CNC1(C(=O)O)CCCC1CCSc1cnccn1. The number of hydrogen-bond acceptors (Lipinski definition) is 5. The van der Waals surface area contributed by atoms with Gasteiger partial charge in [0, 0.05) is 12.4 Å². The Kier molecular flexibility index (Phi) is 4.76. The van der Waals surface area contributed by atoms with Gasteiger partial charge in [-0.25, -0.2) is 4.98 Å². The highest BCUT2D eigenvalue weighted by Crippen LogP contribution is 2.39. The average molecular weight is 281 g/mol. The van der Waals surface area contributed by atoms with Crippen LogP contribution in [0, 0.1) is 5.92 Å². The van der Waals surface area contributed by atoms with Gasteiger partial charge < -0.3 is 10.4 Å². The minimum absolute atomic E-state index is 0.194. The molecule has 1 heterocycles. The number of hydrogen-bond donors (Lipinski definition) is 2. The first-order valence-electron chi connectivity index (χ1n) is 6.50. The van der Waals surface area contributed by atoms with E-state index in [1.54, 1.807) is 37.4 Å². The van der Waals surface area contributed by atoms with E-state index in [2.05, 4.69) is 15.3 Å². The molecule has 19 heavy (non-hydrogen) atoms. The largest absolute Gasteiger partial charge is 0.480 e. The molecule has 0 radical (unpaired) electrons. The molecular formula is C13H19N3O2S. The monoisotopic (exact) mass is 281 g/mol. The van der Waals surface area contributed by atoms with Crippen LogP contribution in [0.25, 0.3) is 0 Å². The molecule has 2 unspecified atom stereocenters. The van der Waals surface area contributed by atoms with Crippen LogP contribution in [0.3, 0.4) is 0 Å². The van der Waals surface area contributed by atoms with Crippen molar-refractivity contribution in [3.63, 3.8) is 0 Å². The number of nitrogens with one attached hydrogen (secondary N) is 1. The highest BCUT2D eigenvalue weighted by molar-refractivity contribution is 7.99. The quantitative estimate of drug-likeness (QED) is 0.774. The van der Waals surface area contributed by atoms with Gasteiger partial charge in [0.1, 0.15) is 10.6 Å². The molecule has 1 saturated carbocycles. The lowest BCUT2D eigenvalue weighted by atomic mass is 9.85. The second kappa shape index (κ2) is 6.34. The van der Waals surface area contributed by atoms with Gasteiger partial charge in [0.2, 0.25) is 0 Å². The number of nitrogens with zero attached hydrogens (tertiary/aromatic N) is 2. The molecule has 0 saturated heterocycles. The Morgan fingerprint density at radius 1 is 1.63 bits per heavy atom. The number of carboxylic acid groups (broad SMARTS) is 1. The minimum Gasteiger partial charge on any atom is -0.480 e. The van der Waals surface area contributed by atoms with Crippen LogP contribution in [-0.4, -0.2) is 39.4 Å². The predicted octanol–water partition coefficient (Wildman–Crippen LogP) is 1.80. The Hall–Kier alpha value is -1.14. The maximum Gasteiger partial charge on any atom is 0.324 e. The molecule has 5 nitrogen and oxygen atoms in total. The van der Waals surface area contributed by atoms with Crippen LogP contribution in [0.5, 0.6) is 0 Å². The van der Waals surface area contributed by atoms with Crippen molar-refractivity contribution in [2.45, 2.75) is 36.2 Å². The van der Waals surface area contributed by atoms with Gasteiger partial charge in [-0.3, -0.25) is 9.78 Å². The topological polar surface area (TPSA) is 75.1 Å². The van der Waals surface area contributed by atoms with Crippen LogP contribution >= 0.6 is 11.8 Å². The van der Waals surface area contributed by atoms with Gasteiger partial charge in [0.15, 0.2) is 0 Å². The van der Waals surface area contributed by atoms with Crippen molar-refractivity contribution < 1.29 is 9.90 Å². The fourth-order valence-electron chi connectivity index (χ4n) is 2.85. The Bertz CT molecular complexity index is 429. The summed E-state index contributed by atoms with van der Waals surface area (Å²) >= 11 is 1.64. The zero-order chi connectivity index (χ0) is 13.7. The summed E-state index contributed by atoms with van der Waals surface area (Å²) in [6, 6.07) is 0. The summed E-state index contributed by atoms with van der Waals surface area (Å²) < 4.78 is 0. The Labute approximate surface area is 117 Å². The van der Waals surface area contributed by atoms with Crippen LogP contribution < -0.4 is 5.32 Å². The predicted molar refractivity (Wildman–Crippen MR) is 74.1 cm³/mol. The molecule has 2 N–H and O–H groups in total. The van der Waals surface area contributed by atoms with E-state index in [-0.39, 0.29) is 5.92 Å². The van der Waals surface area contributed by atoms with Crippen LogP contribution in [0.4, 0.5) is 0 Å². The number of likely N-dealkylation sites (N-methyl/N-ethyl adjacent to an activating group) is 1. The maximum atomic E-state index is 11.5. The lowest BCUT2D eigenvalue weighted by Crippen LogP contribution is -2.53. The lowest BCUT2D eigenvalue weighted by Gasteiger charge is -2.30. The summed E-state index contributed by atoms with van der Waals surface area (Å²) in [4.78, 5) is 19.7. The normalized spacial score (nSPS) is 26.5. The molecule has 1 fully saturated rings. The second-order valence-corrected chi connectivity index (χ2v) is 5.91. The maximum absolute atomic E-state index is 11.5. The van der Waals surface area contributed by atoms with Crippen molar-refractivity contribution >= 4 is 17.7 Å². The molecule has 2 rings (SSSR count). The first-order chi connectivity index (χ1) is 9.19. The van der Waals surface area contributed by atoms with Crippen molar-refractivity contribution in [2.24, 2.45) is 5.92 Å². The van der Waals surface area contributed by atoms with E-state index in [0.29, 0.717) is 0 Å². The van der Waals surface area contributed by atoms with E-state index in [0.717, 1.165) is 36.5 Å². The average Bonchev–Trinajstić information content (AvgIpc) is 2.84. The van der Waals surface area contributed by atoms with Gasteiger partial charge >= 0.3 is 5.97 Å². The fraction of sp³-hybridized carbons (Fsp3) is 0.615. The van der Waals surface area contributed by atoms with Crippen molar-refractivity contribution in [2.75, 3.05) is 12.8 Å². The van der Waals surface area contributed by atoms with Crippen molar-refractivity contribution in [3.05, 3.63) is 18.6 Å². The number of carbonyl (C=O) groups is 1. The lowest BCUT2D eigenvalue weighted by molar-refractivity contribution is -0.146. The summed E-state index contributed by atoms with van der Waals surface area (Å²) in [6.45, 7) is 0. The minimum atomic E-state index is -0.733. The molecular weight excluding hydrogens is 262 g/mol. The zero-order valence-corrected chi connectivity index (χ0v) is 11.8. The fourth-order valence-corrected chi connectivity index (χ4v) is 3.73. The van der Waals surface area contributed by atoms with E-state index < -0.39 is 11.5 Å². The number of carboxylic acids is 1. The molecule has 0 spiro atoms. The molecule has 6 heteroatoms. The first kappa shape index (κ1) is 14.3. The zero-order valence-electron chi connectivity index (χ0n) is 11.0. The molecule has 0 aliphatic heterocycles. The van der Waals surface area contributed by atoms with Gasteiger partial charge in [-0.2, -0.15) is 0 Å². The highest BCUT2D eigenvalue weighted by atomic mass is 32.2. The van der Waals surface area contributed by atoms with Crippen LogP contribution in [0.15, 0.2) is 23.6 Å².